The summed E-state index contributed by atoms with van der Waals surface area (Å²) >= 11 is 12.0. The molecular weight excluding hydrogens is 281 g/mol. The van der Waals surface area contributed by atoms with Gasteiger partial charge in [-0.3, -0.25) is 0 Å². The van der Waals surface area contributed by atoms with Crippen LogP contribution >= 0.6 is 23.2 Å². The average molecular weight is 296 g/mol. The highest BCUT2D eigenvalue weighted by molar-refractivity contribution is 6.42. The van der Waals surface area contributed by atoms with Gasteiger partial charge in [0.1, 0.15) is 0 Å². The number of aromatic nitrogens is 2. The van der Waals surface area contributed by atoms with E-state index in [4.69, 9.17) is 28.9 Å². The van der Waals surface area contributed by atoms with Crippen LogP contribution in [0.25, 0.3) is 0 Å². The van der Waals surface area contributed by atoms with E-state index >= 15 is 0 Å². The van der Waals surface area contributed by atoms with Crippen molar-refractivity contribution in [3.63, 3.8) is 0 Å². The van der Waals surface area contributed by atoms with Gasteiger partial charge >= 0.3 is 0 Å². The second kappa shape index (κ2) is 5.87. The Kier molecular flexibility index (Phi) is 4.40. The van der Waals surface area contributed by atoms with Crippen LogP contribution in [0, 0.1) is 6.92 Å². The molecule has 2 rings (SSSR count). The maximum absolute atomic E-state index is 6.31. The molecule has 3 nitrogen and oxygen atoms in total. The van der Waals surface area contributed by atoms with Crippen molar-refractivity contribution in [2.75, 3.05) is 0 Å². The normalized spacial score (nSPS) is 12.5. The van der Waals surface area contributed by atoms with Crippen molar-refractivity contribution in [1.29, 1.82) is 0 Å². The molecular formula is C14H15Cl2N3. The number of nitrogens with two attached hydrogens (primary N) is 1. The summed E-state index contributed by atoms with van der Waals surface area (Å²) in [6.07, 6.45) is 0.789. The summed E-state index contributed by atoms with van der Waals surface area (Å²) in [7, 11) is 0. The van der Waals surface area contributed by atoms with Gasteiger partial charge in [-0.1, -0.05) is 36.2 Å². The van der Waals surface area contributed by atoms with E-state index < -0.39 is 0 Å². The first-order valence-corrected chi connectivity index (χ1v) is 6.82. The Morgan fingerprint density at radius 1 is 1.16 bits per heavy atom. The van der Waals surface area contributed by atoms with Gasteiger partial charge in [-0.25, -0.2) is 0 Å². The number of benzene rings is 1. The van der Waals surface area contributed by atoms with Crippen molar-refractivity contribution in [1.82, 2.24) is 10.2 Å². The summed E-state index contributed by atoms with van der Waals surface area (Å²) in [5, 5.41) is 9.29. The Morgan fingerprint density at radius 2 is 1.89 bits per heavy atom. The van der Waals surface area contributed by atoms with Crippen LogP contribution in [0.2, 0.25) is 10.0 Å². The van der Waals surface area contributed by atoms with Crippen molar-refractivity contribution in [3.8, 4) is 0 Å². The fraction of sp³-hybridized carbons (Fsp3) is 0.286. The minimum absolute atomic E-state index is 0.279. The molecule has 2 aromatic rings. The third-order valence-corrected chi connectivity index (χ3v) is 3.74. The first kappa shape index (κ1) is 14.3. The maximum Gasteiger partial charge on any atom is 0.0679 e. The quantitative estimate of drug-likeness (QED) is 0.939. The molecule has 0 bridgehead atoms. The number of rotatable bonds is 3. The predicted molar refractivity (Wildman–Crippen MR) is 78.6 cm³/mol. The molecule has 0 saturated carbocycles. The van der Waals surface area contributed by atoms with Gasteiger partial charge in [-0.2, -0.15) is 10.2 Å². The van der Waals surface area contributed by atoms with Gasteiger partial charge in [0.2, 0.25) is 0 Å². The Bertz CT molecular complexity index is 599. The van der Waals surface area contributed by atoms with Crippen molar-refractivity contribution in [2.24, 2.45) is 5.73 Å². The number of hydrogen-bond donors (Lipinski definition) is 1. The van der Waals surface area contributed by atoms with E-state index in [2.05, 4.69) is 10.2 Å². The molecule has 0 radical (unpaired) electrons. The Labute approximate surface area is 122 Å². The van der Waals surface area contributed by atoms with Crippen LogP contribution < -0.4 is 5.73 Å². The standard InChI is InChI=1S/C14H15Cl2N3/c1-3-13-10(6-8(2)18-19-13)14(17)9-4-5-11(15)12(16)7-9/h4-7,14H,3,17H2,1-2H3. The maximum atomic E-state index is 6.31. The highest BCUT2D eigenvalue weighted by Gasteiger charge is 2.15. The van der Waals surface area contributed by atoms with Crippen molar-refractivity contribution < 1.29 is 0 Å². The minimum Gasteiger partial charge on any atom is -0.320 e. The van der Waals surface area contributed by atoms with Crippen LogP contribution in [-0.2, 0) is 6.42 Å². The van der Waals surface area contributed by atoms with Crippen LogP contribution in [0.5, 0.6) is 0 Å². The van der Waals surface area contributed by atoms with Crippen molar-refractivity contribution in [3.05, 3.63) is 56.8 Å². The second-order valence-electron chi connectivity index (χ2n) is 4.39. The van der Waals surface area contributed by atoms with Gasteiger partial charge in [0, 0.05) is 0 Å². The van der Waals surface area contributed by atoms with Gasteiger partial charge < -0.3 is 5.73 Å². The zero-order valence-electron chi connectivity index (χ0n) is 10.8. The monoisotopic (exact) mass is 295 g/mol. The molecule has 1 heterocycles. The van der Waals surface area contributed by atoms with E-state index in [9.17, 15) is 0 Å². The molecule has 0 aliphatic rings. The molecule has 1 atom stereocenters. The lowest BCUT2D eigenvalue weighted by Gasteiger charge is -2.16. The first-order valence-electron chi connectivity index (χ1n) is 6.06. The summed E-state index contributed by atoms with van der Waals surface area (Å²) < 4.78 is 0. The van der Waals surface area contributed by atoms with Gasteiger partial charge in [0.05, 0.1) is 27.5 Å². The number of hydrogen-bond acceptors (Lipinski definition) is 3. The third-order valence-electron chi connectivity index (χ3n) is 3.00. The van der Waals surface area contributed by atoms with E-state index in [-0.39, 0.29) is 6.04 Å². The van der Waals surface area contributed by atoms with Crippen LogP contribution in [0.15, 0.2) is 24.3 Å². The van der Waals surface area contributed by atoms with E-state index in [1.807, 2.05) is 26.0 Å². The third kappa shape index (κ3) is 3.06. The Morgan fingerprint density at radius 3 is 2.53 bits per heavy atom. The Balaban J connectivity index is 2.45. The molecule has 19 heavy (non-hydrogen) atoms. The minimum atomic E-state index is -0.279. The lowest BCUT2D eigenvalue weighted by molar-refractivity contribution is 0.790. The van der Waals surface area contributed by atoms with Crippen LogP contribution in [-0.4, -0.2) is 10.2 Å². The molecule has 0 aliphatic heterocycles. The predicted octanol–water partition coefficient (Wildman–Crippen LogP) is 3.70. The summed E-state index contributed by atoms with van der Waals surface area (Å²) in [4.78, 5) is 0. The van der Waals surface area contributed by atoms with Gasteiger partial charge in [-0.05, 0) is 42.7 Å². The van der Waals surface area contributed by atoms with Crippen LogP contribution in [0.4, 0.5) is 0 Å². The molecule has 0 aliphatic carbocycles. The number of aryl methyl sites for hydroxylation is 2. The zero-order chi connectivity index (χ0) is 14.0. The van der Waals surface area contributed by atoms with Gasteiger partial charge in [0.25, 0.3) is 0 Å². The highest BCUT2D eigenvalue weighted by atomic mass is 35.5. The fourth-order valence-electron chi connectivity index (χ4n) is 1.96. The largest absolute Gasteiger partial charge is 0.320 e. The highest BCUT2D eigenvalue weighted by Crippen LogP contribution is 2.28. The molecule has 1 unspecified atom stereocenters. The molecule has 5 heteroatoms. The van der Waals surface area contributed by atoms with E-state index in [1.165, 1.54) is 0 Å². The first-order chi connectivity index (χ1) is 9.02. The lowest BCUT2D eigenvalue weighted by Crippen LogP contribution is -2.16. The summed E-state index contributed by atoms with van der Waals surface area (Å²) in [6, 6.07) is 7.13. The zero-order valence-corrected chi connectivity index (χ0v) is 12.3. The molecule has 2 N–H and O–H groups in total. The summed E-state index contributed by atoms with van der Waals surface area (Å²) in [5.41, 5.74) is 9.96. The van der Waals surface area contributed by atoms with Crippen LogP contribution in [0.3, 0.4) is 0 Å². The molecule has 0 saturated heterocycles. The molecule has 1 aromatic heterocycles. The van der Waals surface area contributed by atoms with E-state index in [1.54, 1.807) is 12.1 Å². The van der Waals surface area contributed by atoms with E-state index in [0.29, 0.717) is 10.0 Å². The molecule has 0 amide bonds. The summed E-state index contributed by atoms with van der Waals surface area (Å²) in [6.45, 7) is 3.93. The Hall–Kier alpha value is -1.16. The SMILES string of the molecule is CCc1nnc(C)cc1C(N)c1ccc(Cl)c(Cl)c1. The molecule has 0 fully saturated rings. The second-order valence-corrected chi connectivity index (χ2v) is 5.21. The average Bonchev–Trinajstić information content (AvgIpc) is 2.41. The molecule has 1 aromatic carbocycles. The fourth-order valence-corrected chi connectivity index (χ4v) is 2.27. The number of halogens is 2. The van der Waals surface area contributed by atoms with E-state index in [0.717, 1.165) is 28.9 Å². The number of nitrogens with zero attached hydrogens (tertiary/aromatic N) is 2. The van der Waals surface area contributed by atoms with Crippen LogP contribution in [0.1, 0.15) is 35.5 Å². The molecule has 0 spiro atoms. The lowest BCUT2D eigenvalue weighted by atomic mass is 9.97. The topological polar surface area (TPSA) is 51.8 Å². The van der Waals surface area contributed by atoms with Gasteiger partial charge in [0.15, 0.2) is 0 Å². The summed E-state index contributed by atoms with van der Waals surface area (Å²) in [5.74, 6) is 0. The smallest absolute Gasteiger partial charge is 0.0679 e. The van der Waals surface area contributed by atoms with Crippen molar-refractivity contribution in [2.45, 2.75) is 26.3 Å². The van der Waals surface area contributed by atoms with Crippen molar-refractivity contribution >= 4 is 23.2 Å². The molecule has 100 valence electrons. The van der Waals surface area contributed by atoms with Gasteiger partial charge in [-0.15, -0.1) is 0 Å².